The van der Waals surface area contributed by atoms with Gasteiger partial charge in [0.25, 0.3) is 0 Å². The molecule has 0 aromatic heterocycles. The van der Waals surface area contributed by atoms with Crippen LogP contribution in [0.3, 0.4) is 0 Å². The molecule has 0 N–H and O–H groups in total. The van der Waals surface area contributed by atoms with Crippen LogP contribution in [-0.4, -0.2) is 13.2 Å². The van der Waals surface area contributed by atoms with E-state index in [1.54, 1.807) is 0 Å². The Morgan fingerprint density at radius 1 is 0.400 bits per heavy atom. The molecule has 4 saturated carbocycles. The third kappa shape index (κ3) is 15.5. The number of rotatable bonds is 20. The summed E-state index contributed by atoms with van der Waals surface area (Å²) < 4.78 is 6.13. The molecular weight excluding hydrogens is 544 g/mol. The monoisotopic (exact) mass is 623 g/mol. The number of unbranched alkanes of at least 4 members (excludes halogenated alkanes) is 2. The Labute approximate surface area is 282 Å². The van der Waals surface area contributed by atoms with Gasteiger partial charge in [-0.15, -0.1) is 0 Å². The Kier molecular flexibility index (Phi) is 19.0. The normalized spacial score (nSPS) is 33.3. The molecule has 4 rings (SSSR count). The van der Waals surface area contributed by atoms with Crippen molar-refractivity contribution in [3.05, 3.63) is 24.3 Å². The quantitative estimate of drug-likeness (QED) is 0.0969. The first-order chi connectivity index (χ1) is 22.2. The molecule has 0 amide bonds. The predicted molar refractivity (Wildman–Crippen MR) is 198 cm³/mol. The maximum absolute atomic E-state index is 6.13. The van der Waals surface area contributed by atoms with Crippen LogP contribution in [0, 0.1) is 47.3 Å². The van der Waals surface area contributed by atoms with Crippen LogP contribution in [0.4, 0.5) is 0 Å². The molecule has 4 aliphatic rings. The van der Waals surface area contributed by atoms with E-state index in [4.69, 9.17) is 4.74 Å². The van der Waals surface area contributed by atoms with Crippen LogP contribution >= 0.6 is 0 Å². The summed E-state index contributed by atoms with van der Waals surface area (Å²) in [4.78, 5) is 0. The molecule has 0 bridgehead atoms. The lowest BCUT2D eigenvalue weighted by Crippen LogP contribution is -2.18. The van der Waals surface area contributed by atoms with Gasteiger partial charge in [0.15, 0.2) is 0 Å². The van der Waals surface area contributed by atoms with Crippen molar-refractivity contribution in [2.45, 2.75) is 194 Å². The summed E-state index contributed by atoms with van der Waals surface area (Å²) in [5, 5.41) is 0. The van der Waals surface area contributed by atoms with Crippen LogP contribution in [0.15, 0.2) is 24.3 Å². The lowest BCUT2D eigenvalue weighted by molar-refractivity contribution is 0.112. The highest BCUT2D eigenvalue weighted by Crippen LogP contribution is 2.39. The van der Waals surface area contributed by atoms with E-state index >= 15 is 0 Å². The number of hydrogen-bond donors (Lipinski definition) is 0. The third-order valence-electron chi connectivity index (χ3n) is 13.2. The molecule has 4 aliphatic carbocycles. The molecule has 0 atom stereocenters. The zero-order valence-corrected chi connectivity index (χ0v) is 30.5. The van der Waals surface area contributed by atoms with Crippen LogP contribution < -0.4 is 0 Å². The van der Waals surface area contributed by atoms with Crippen molar-refractivity contribution >= 4 is 0 Å². The van der Waals surface area contributed by atoms with Crippen molar-refractivity contribution in [1.29, 1.82) is 0 Å². The molecule has 1 heteroatoms. The van der Waals surface area contributed by atoms with Gasteiger partial charge < -0.3 is 4.74 Å². The fourth-order valence-electron chi connectivity index (χ4n) is 9.86. The Morgan fingerprint density at radius 3 is 1.00 bits per heavy atom. The molecular formula is C44H78O. The van der Waals surface area contributed by atoms with Gasteiger partial charge in [-0.05, 0) is 137 Å². The SMILES string of the molecule is CCCC=CC1CCC(CCC2CCC(CCCOCCCC3CCC(CCC4CCC(C=CCCC)CC4)CC3)CC2)CC1. The Balaban J connectivity index is 0.908. The highest BCUT2D eigenvalue weighted by molar-refractivity contribution is 4.92. The zero-order valence-electron chi connectivity index (χ0n) is 30.5. The average molecular weight is 623 g/mol. The van der Waals surface area contributed by atoms with Gasteiger partial charge in [-0.25, -0.2) is 0 Å². The van der Waals surface area contributed by atoms with Crippen molar-refractivity contribution in [1.82, 2.24) is 0 Å². The van der Waals surface area contributed by atoms with Gasteiger partial charge in [-0.2, -0.15) is 0 Å². The van der Waals surface area contributed by atoms with Crippen molar-refractivity contribution in [3.63, 3.8) is 0 Å². The summed E-state index contributed by atoms with van der Waals surface area (Å²) in [6.07, 6.45) is 50.5. The fraction of sp³-hybridized carbons (Fsp3) is 0.909. The van der Waals surface area contributed by atoms with Gasteiger partial charge >= 0.3 is 0 Å². The van der Waals surface area contributed by atoms with E-state index < -0.39 is 0 Å². The highest BCUT2D eigenvalue weighted by atomic mass is 16.5. The second kappa shape index (κ2) is 22.9. The van der Waals surface area contributed by atoms with Crippen LogP contribution in [0.25, 0.3) is 0 Å². The summed E-state index contributed by atoms with van der Waals surface area (Å²) in [5.74, 6) is 7.92. The van der Waals surface area contributed by atoms with Crippen LogP contribution in [-0.2, 0) is 4.74 Å². The summed E-state index contributed by atoms with van der Waals surface area (Å²) in [7, 11) is 0. The van der Waals surface area contributed by atoms with E-state index in [1.165, 1.54) is 180 Å². The van der Waals surface area contributed by atoms with Crippen molar-refractivity contribution in [2.24, 2.45) is 47.3 Å². The van der Waals surface area contributed by atoms with Crippen molar-refractivity contribution in [2.75, 3.05) is 13.2 Å². The fourth-order valence-corrected chi connectivity index (χ4v) is 9.86. The smallest absolute Gasteiger partial charge is 0.0466 e. The lowest BCUT2D eigenvalue weighted by Gasteiger charge is -2.31. The van der Waals surface area contributed by atoms with Crippen molar-refractivity contribution in [3.8, 4) is 0 Å². The molecule has 0 radical (unpaired) electrons. The van der Waals surface area contributed by atoms with Gasteiger partial charge in [0.2, 0.25) is 0 Å². The lowest BCUT2D eigenvalue weighted by atomic mass is 9.75. The van der Waals surface area contributed by atoms with Gasteiger partial charge in [-0.3, -0.25) is 0 Å². The van der Waals surface area contributed by atoms with Crippen LogP contribution in [0.2, 0.25) is 0 Å². The number of hydrogen-bond acceptors (Lipinski definition) is 1. The molecule has 0 aliphatic heterocycles. The topological polar surface area (TPSA) is 9.23 Å². The van der Waals surface area contributed by atoms with Gasteiger partial charge in [-0.1, -0.05) is 128 Å². The first kappa shape index (κ1) is 37.3. The van der Waals surface area contributed by atoms with E-state index in [-0.39, 0.29) is 0 Å². The summed E-state index contributed by atoms with van der Waals surface area (Å²) in [5.41, 5.74) is 0. The Hall–Kier alpha value is -0.560. The molecule has 0 heterocycles. The van der Waals surface area contributed by atoms with Gasteiger partial charge in [0.05, 0.1) is 0 Å². The standard InChI is InChI=1S/C44H78O/c1-3-5-7-11-37-15-23-41(24-16-37)31-33-43-27-19-39(20-28-43)13-9-35-45-36-10-14-40-21-29-44(30-22-40)34-32-42-25-17-38(18-26-42)12-8-6-4-2/h7-8,11-12,37-44H,3-6,9-10,13-36H2,1-2H3. The number of allylic oxidation sites excluding steroid dienone is 4. The minimum atomic E-state index is 0.893. The maximum atomic E-state index is 6.13. The molecule has 1 nitrogen and oxygen atoms in total. The second-order valence-corrected chi connectivity index (χ2v) is 16.8. The first-order valence-electron chi connectivity index (χ1n) is 21.1. The first-order valence-corrected chi connectivity index (χ1v) is 21.1. The minimum Gasteiger partial charge on any atom is -0.381 e. The molecule has 0 saturated heterocycles. The number of ether oxygens (including phenoxy) is 1. The second-order valence-electron chi connectivity index (χ2n) is 16.8. The molecule has 260 valence electrons. The molecule has 0 spiro atoms. The summed E-state index contributed by atoms with van der Waals surface area (Å²) in [6.45, 7) is 6.60. The van der Waals surface area contributed by atoms with E-state index in [0.29, 0.717) is 0 Å². The van der Waals surface area contributed by atoms with Crippen molar-refractivity contribution < 1.29 is 4.74 Å². The third-order valence-corrected chi connectivity index (χ3v) is 13.2. The summed E-state index contributed by atoms with van der Waals surface area (Å²) >= 11 is 0. The van der Waals surface area contributed by atoms with E-state index in [1.807, 2.05) is 0 Å². The molecule has 0 unspecified atom stereocenters. The molecule has 45 heavy (non-hydrogen) atoms. The van der Waals surface area contributed by atoms with Gasteiger partial charge in [0, 0.05) is 13.2 Å². The maximum Gasteiger partial charge on any atom is 0.0466 e. The van der Waals surface area contributed by atoms with Gasteiger partial charge in [0.1, 0.15) is 0 Å². The summed E-state index contributed by atoms with van der Waals surface area (Å²) in [6, 6.07) is 0. The Bertz CT molecular complexity index is 686. The van der Waals surface area contributed by atoms with E-state index in [2.05, 4.69) is 38.2 Å². The van der Waals surface area contributed by atoms with Crippen LogP contribution in [0.1, 0.15) is 194 Å². The molecule has 0 aromatic carbocycles. The van der Waals surface area contributed by atoms with Crippen LogP contribution in [0.5, 0.6) is 0 Å². The Morgan fingerprint density at radius 2 is 0.689 bits per heavy atom. The average Bonchev–Trinajstić information content (AvgIpc) is 3.08. The van der Waals surface area contributed by atoms with E-state index in [9.17, 15) is 0 Å². The largest absolute Gasteiger partial charge is 0.381 e. The predicted octanol–water partition coefficient (Wildman–Crippen LogP) is 14.1. The van der Waals surface area contributed by atoms with E-state index in [0.717, 1.165) is 60.6 Å². The molecule has 0 aromatic rings. The highest BCUT2D eigenvalue weighted by Gasteiger charge is 2.25. The minimum absolute atomic E-state index is 0.893. The zero-order chi connectivity index (χ0) is 31.4. The molecule has 4 fully saturated rings.